The summed E-state index contributed by atoms with van der Waals surface area (Å²) in [4.78, 5) is 16.4. The highest BCUT2D eigenvalue weighted by Crippen LogP contribution is 2.25. The highest BCUT2D eigenvalue weighted by molar-refractivity contribution is 6.08. The molecule has 21 heavy (non-hydrogen) atoms. The number of nitrogens with zero attached hydrogens (tertiary/aromatic N) is 1. The SMILES string of the molecule is Cc1ccnc(NC(=O)c2cc3ccccc3cc2O)c1. The fourth-order valence-electron chi connectivity index (χ4n) is 2.20. The van der Waals surface area contributed by atoms with Crippen molar-refractivity contribution in [2.75, 3.05) is 5.32 Å². The number of anilines is 1. The van der Waals surface area contributed by atoms with E-state index in [1.807, 2.05) is 37.3 Å². The number of fused-ring (bicyclic) bond motifs is 1. The summed E-state index contributed by atoms with van der Waals surface area (Å²) in [6, 6.07) is 14.5. The van der Waals surface area contributed by atoms with Crippen LogP contribution in [0.4, 0.5) is 5.82 Å². The third-order valence-corrected chi connectivity index (χ3v) is 3.27. The minimum Gasteiger partial charge on any atom is -0.507 e. The zero-order valence-corrected chi connectivity index (χ0v) is 11.5. The van der Waals surface area contributed by atoms with Crippen LogP contribution >= 0.6 is 0 Å². The van der Waals surface area contributed by atoms with Crippen molar-refractivity contribution < 1.29 is 9.90 Å². The van der Waals surface area contributed by atoms with Gasteiger partial charge in [0.15, 0.2) is 0 Å². The van der Waals surface area contributed by atoms with Gasteiger partial charge in [-0.3, -0.25) is 4.79 Å². The predicted octanol–water partition coefficient (Wildman–Crippen LogP) is 3.50. The lowest BCUT2D eigenvalue weighted by atomic mass is 10.1. The number of rotatable bonds is 2. The number of aromatic nitrogens is 1. The highest BCUT2D eigenvalue weighted by Gasteiger charge is 2.13. The van der Waals surface area contributed by atoms with E-state index in [2.05, 4.69) is 10.3 Å². The Balaban J connectivity index is 1.96. The van der Waals surface area contributed by atoms with Crippen LogP contribution in [0.3, 0.4) is 0 Å². The third-order valence-electron chi connectivity index (χ3n) is 3.27. The molecule has 0 fully saturated rings. The lowest BCUT2D eigenvalue weighted by molar-refractivity contribution is 0.102. The van der Waals surface area contributed by atoms with E-state index in [4.69, 9.17) is 0 Å². The Kier molecular flexibility index (Phi) is 3.28. The molecule has 3 aromatic rings. The first kappa shape index (κ1) is 13.1. The number of carbonyl (C=O) groups excluding carboxylic acids is 1. The Morgan fingerprint density at radius 2 is 1.81 bits per heavy atom. The highest BCUT2D eigenvalue weighted by atomic mass is 16.3. The number of benzene rings is 2. The van der Waals surface area contributed by atoms with Crippen molar-refractivity contribution in [1.82, 2.24) is 4.98 Å². The monoisotopic (exact) mass is 278 g/mol. The van der Waals surface area contributed by atoms with Gasteiger partial charge in [-0.15, -0.1) is 0 Å². The fraction of sp³-hybridized carbons (Fsp3) is 0.0588. The van der Waals surface area contributed by atoms with E-state index in [9.17, 15) is 9.90 Å². The first-order chi connectivity index (χ1) is 10.1. The Morgan fingerprint density at radius 1 is 1.10 bits per heavy atom. The minimum atomic E-state index is -0.378. The van der Waals surface area contributed by atoms with Gasteiger partial charge in [0.2, 0.25) is 0 Å². The van der Waals surface area contributed by atoms with Crippen molar-refractivity contribution in [3.8, 4) is 5.75 Å². The molecular weight excluding hydrogens is 264 g/mol. The molecule has 0 bridgehead atoms. The maximum absolute atomic E-state index is 12.3. The van der Waals surface area contributed by atoms with Gasteiger partial charge in [-0.1, -0.05) is 24.3 Å². The Bertz CT molecular complexity index is 828. The summed E-state index contributed by atoms with van der Waals surface area (Å²) in [5.74, 6) is 0.0442. The molecule has 1 amide bonds. The molecule has 2 N–H and O–H groups in total. The van der Waals surface area contributed by atoms with E-state index in [1.165, 1.54) is 0 Å². The van der Waals surface area contributed by atoms with Crippen LogP contribution in [0, 0.1) is 6.92 Å². The molecule has 0 aliphatic rings. The summed E-state index contributed by atoms with van der Waals surface area (Å²) >= 11 is 0. The van der Waals surface area contributed by atoms with Crippen LogP contribution in [0.2, 0.25) is 0 Å². The van der Waals surface area contributed by atoms with E-state index in [1.54, 1.807) is 24.4 Å². The van der Waals surface area contributed by atoms with E-state index in [-0.39, 0.29) is 17.2 Å². The molecule has 2 aromatic carbocycles. The average molecular weight is 278 g/mol. The molecular formula is C17H14N2O2. The molecule has 0 atom stereocenters. The zero-order chi connectivity index (χ0) is 14.8. The summed E-state index contributed by atoms with van der Waals surface area (Å²) in [5.41, 5.74) is 1.24. The van der Waals surface area contributed by atoms with Gasteiger partial charge < -0.3 is 10.4 Å². The molecule has 0 saturated heterocycles. The number of pyridine rings is 1. The van der Waals surface area contributed by atoms with Crippen LogP contribution in [-0.2, 0) is 0 Å². The topological polar surface area (TPSA) is 62.2 Å². The predicted molar refractivity (Wildman–Crippen MR) is 82.5 cm³/mol. The number of hydrogen-bond donors (Lipinski definition) is 2. The van der Waals surface area contributed by atoms with Gasteiger partial charge >= 0.3 is 0 Å². The summed E-state index contributed by atoms with van der Waals surface area (Å²) in [6.45, 7) is 1.92. The van der Waals surface area contributed by atoms with Gasteiger partial charge in [-0.05, 0) is 47.5 Å². The number of amides is 1. The van der Waals surface area contributed by atoms with Gasteiger partial charge in [0.25, 0.3) is 5.91 Å². The second-order valence-electron chi connectivity index (χ2n) is 4.89. The van der Waals surface area contributed by atoms with Gasteiger partial charge in [0.05, 0.1) is 5.56 Å². The van der Waals surface area contributed by atoms with Crippen molar-refractivity contribution in [2.45, 2.75) is 6.92 Å². The van der Waals surface area contributed by atoms with Crippen molar-refractivity contribution in [3.63, 3.8) is 0 Å². The summed E-state index contributed by atoms with van der Waals surface area (Å²) in [5, 5.41) is 14.5. The molecule has 0 spiro atoms. The van der Waals surface area contributed by atoms with Gasteiger partial charge in [0, 0.05) is 6.20 Å². The normalized spacial score (nSPS) is 10.5. The van der Waals surface area contributed by atoms with Crippen molar-refractivity contribution in [2.24, 2.45) is 0 Å². The molecule has 0 aliphatic heterocycles. The van der Waals surface area contributed by atoms with Crippen LogP contribution in [0.5, 0.6) is 5.75 Å². The quantitative estimate of drug-likeness (QED) is 0.754. The molecule has 1 heterocycles. The molecule has 0 radical (unpaired) electrons. The number of carbonyl (C=O) groups is 1. The lowest BCUT2D eigenvalue weighted by Crippen LogP contribution is -2.13. The maximum atomic E-state index is 12.3. The van der Waals surface area contributed by atoms with E-state index >= 15 is 0 Å². The second kappa shape index (κ2) is 5.25. The third kappa shape index (κ3) is 2.69. The first-order valence-electron chi connectivity index (χ1n) is 6.59. The van der Waals surface area contributed by atoms with Crippen molar-refractivity contribution >= 4 is 22.5 Å². The van der Waals surface area contributed by atoms with Crippen LogP contribution in [-0.4, -0.2) is 16.0 Å². The molecule has 1 aromatic heterocycles. The number of nitrogens with one attached hydrogen (secondary N) is 1. The van der Waals surface area contributed by atoms with Gasteiger partial charge in [0.1, 0.15) is 11.6 Å². The van der Waals surface area contributed by atoms with Crippen molar-refractivity contribution in [3.05, 3.63) is 65.9 Å². The van der Waals surface area contributed by atoms with Crippen LogP contribution in [0.15, 0.2) is 54.7 Å². The molecule has 0 aliphatic carbocycles. The largest absolute Gasteiger partial charge is 0.507 e. The average Bonchev–Trinajstić information content (AvgIpc) is 2.46. The van der Waals surface area contributed by atoms with Crippen molar-refractivity contribution in [1.29, 1.82) is 0 Å². The molecule has 3 rings (SSSR count). The van der Waals surface area contributed by atoms with Gasteiger partial charge in [-0.2, -0.15) is 0 Å². The number of phenolic OH excluding ortho intramolecular Hbond substituents is 1. The van der Waals surface area contributed by atoms with Crippen LogP contribution in [0.1, 0.15) is 15.9 Å². The summed E-state index contributed by atoms with van der Waals surface area (Å²) in [7, 11) is 0. The molecule has 0 unspecified atom stereocenters. The standard InChI is InChI=1S/C17H14N2O2/c1-11-6-7-18-16(8-11)19-17(21)14-9-12-4-2-3-5-13(12)10-15(14)20/h2-10,20H,1H3,(H,18,19,21). The second-order valence-corrected chi connectivity index (χ2v) is 4.89. The summed E-state index contributed by atoms with van der Waals surface area (Å²) < 4.78 is 0. The molecule has 104 valence electrons. The first-order valence-corrected chi connectivity index (χ1v) is 6.59. The summed E-state index contributed by atoms with van der Waals surface area (Å²) in [6.07, 6.45) is 1.63. The Labute approximate surface area is 122 Å². The lowest BCUT2D eigenvalue weighted by Gasteiger charge is -2.08. The Morgan fingerprint density at radius 3 is 2.52 bits per heavy atom. The van der Waals surface area contributed by atoms with Crippen LogP contribution in [0.25, 0.3) is 10.8 Å². The van der Waals surface area contributed by atoms with E-state index in [0.29, 0.717) is 5.82 Å². The maximum Gasteiger partial charge on any atom is 0.260 e. The molecule has 4 heteroatoms. The number of aromatic hydroxyl groups is 1. The van der Waals surface area contributed by atoms with E-state index < -0.39 is 0 Å². The van der Waals surface area contributed by atoms with Gasteiger partial charge in [-0.25, -0.2) is 4.98 Å². The number of phenols is 1. The number of aryl methyl sites for hydroxylation is 1. The minimum absolute atomic E-state index is 0.0427. The Hall–Kier alpha value is -2.88. The number of hydrogen-bond acceptors (Lipinski definition) is 3. The fourth-order valence-corrected chi connectivity index (χ4v) is 2.20. The molecule has 4 nitrogen and oxygen atoms in total. The van der Waals surface area contributed by atoms with Crippen LogP contribution < -0.4 is 5.32 Å². The zero-order valence-electron chi connectivity index (χ0n) is 11.5. The smallest absolute Gasteiger partial charge is 0.260 e. The molecule has 0 saturated carbocycles. The van der Waals surface area contributed by atoms with E-state index in [0.717, 1.165) is 16.3 Å².